The number of hydroxylamine groups is 2. The molecule has 0 bridgehead atoms. The van der Waals surface area contributed by atoms with Crippen LogP contribution in [0, 0.1) is 17.8 Å². The average molecular weight is 213 g/mol. The molecule has 0 spiro atoms. The third-order valence-electron chi connectivity index (χ3n) is 3.65. The zero-order valence-electron chi connectivity index (χ0n) is 10.3. The lowest BCUT2D eigenvalue weighted by Crippen LogP contribution is -2.34. The van der Waals surface area contributed by atoms with Gasteiger partial charge in [-0.15, -0.1) is 0 Å². The molecule has 3 heteroatoms. The first-order chi connectivity index (χ1) is 7.06. The Bertz CT molecular complexity index is 208. The summed E-state index contributed by atoms with van der Waals surface area (Å²) in [5.41, 5.74) is 0. The third kappa shape index (κ3) is 3.20. The van der Waals surface area contributed by atoms with Crippen LogP contribution < -0.4 is 0 Å². The molecule has 15 heavy (non-hydrogen) atoms. The maximum Gasteiger partial charge on any atom is 0.248 e. The van der Waals surface area contributed by atoms with E-state index < -0.39 is 0 Å². The first-order valence-corrected chi connectivity index (χ1v) is 5.88. The molecule has 0 heterocycles. The van der Waals surface area contributed by atoms with Crippen molar-refractivity contribution in [1.82, 2.24) is 5.06 Å². The minimum atomic E-state index is 0.139. The fourth-order valence-corrected chi connectivity index (χ4v) is 2.38. The molecular weight excluding hydrogens is 190 g/mol. The third-order valence-corrected chi connectivity index (χ3v) is 3.65. The molecule has 88 valence electrons. The highest BCUT2D eigenvalue weighted by molar-refractivity contribution is 5.77. The zero-order chi connectivity index (χ0) is 11.4. The number of rotatable bonds is 3. The molecule has 0 aromatic rings. The van der Waals surface area contributed by atoms with Crippen molar-refractivity contribution in [2.24, 2.45) is 17.8 Å². The van der Waals surface area contributed by atoms with Gasteiger partial charge in [0.1, 0.15) is 0 Å². The maximum atomic E-state index is 11.8. The quantitative estimate of drug-likeness (QED) is 0.674. The van der Waals surface area contributed by atoms with Crippen LogP contribution in [-0.2, 0) is 9.63 Å². The Morgan fingerprint density at radius 2 is 1.80 bits per heavy atom. The number of hydrogen-bond donors (Lipinski definition) is 0. The highest BCUT2D eigenvalue weighted by Gasteiger charge is 2.29. The van der Waals surface area contributed by atoms with E-state index in [2.05, 4.69) is 13.8 Å². The summed E-state index contributed by atoms with van der Waals surface area (Å²) >= 11 is 0. The van der Waals surface area contributed by atoms with Crippen molar-refractivity contribution >= 4 is 5.91 Å². The van der Waals surface area contributed by atoms with Crippen LogP contribution in [0.1, 0.15) is 39.5 Å². The first kappa shape index (κ1) is 12.5. The van der Waals surface area contributed by atoms with Gasteiger partial charge in [0.05, 0.1) is 7.11 Å². The molecule has 1 saturated carbocycles. The Morgan fingerprint density at radius 3 is 2.20 bits per heavy atom. The number of amides is 1. The van der Waals surface area contributed by atoms with Crippen LogP contribution in [0.4, 0.5) is 0 Å². The van der Waals surface area contributed by atoms with E-state index in [1.165, 1.54) is 25.0 Å². The van der Waals surface area contributed by atoms with E-state index in [0.717, 1.165) is 24.7 Å². The number of hydrogen-bond acceptors (Lipinski definition) is 2. The fourth-order valence-electron chi connectivity index (χ4n) is 2.38. The largest absolute Gasteiger partial charge is 0.275 e. The van der Waals surface area contributed by atoms with Gasteiger partial charge in [-0.3, -0.25) is 9.63 Å². The molecule has 0 saturated heterocycles. The van der Waals surface area contributed by atoms with Crippen LogP contribution in [0.2, 0.25) is 0 Å². The van der Waals surface area contributed by atoms with Gasteiger partial charge < -0.3 is 0 Å². The molecule has 0 unspecified atom stereocenters. The first-order valence-electron chi connectivity index (χ1n) is 5.88. The smallest absolute Gasteiger partial charge is 0.248 e. The average Bonchev–Trinajstić information content (AvgIpc) is 2.27. The van der Waals surface area contributed by atoms with E-state index in [0.29, 0.717) is 0 Å². The molecule has 1 amide bonds. The monoisotopic (exact) mass is 213 g/mol. The number of carbonyl (C=O) groups excluding carboxylic acids is 1. The Kier molecular flexibility index (Phi) is 4.58. The molecule has 0 aromatic heterocycles. The second kappa shape index (κ2) is 5.50. The van der Waals surface area contributed by atoms with Gasteiger partial charge in [0.15, 0.2) is 0 Å². The summed E-state index contributed by atoms with van der Waals surface area (Å²) in [7, 11) is 3.23. The van der Waals surface area contributed by atoms with E-state index in [1.807, 2.05) is 0 Å². The van der Waals surface area contributed by atoms with E-state index in [-0.39, 0.29) is 11.8 Å². The summed E-state index contributed by atoms with van der Waals surface area (Å²) in [5.74, 6) is 1.88. The van der Waals surface area contributed by atoms with Crippen molar-refractivity contribution in [3.63, 3.8) is 0 Å². The number of carbonyl (C=O) groups is 1. The molecule has 0 N–H and O–H groups in total. The van der Waals surface area contributed by atoms with Gasteiger partial charge in [-0.2, -0.15) is 0 Å². The highest BCUT2D eigenvalue weighted by Crippen LogP contribution is 2.33. The summed E-state index contributed by atoms with van der Waals surface area (Å²) in [6, 6.07) is 0. The Hall–Kier alpha value is -0.570. The summed E-state index contributed by atoms with van der Waals surface area (Å²) < 4.78 is 0. The standard InChI is InChI=1S/C12H23NO2/c1-9(2)10-5-7-11(8-6-10)12(14)13(3)15-4/h9-11H,5-8H2,1-4H3. The van der Waals surface area contributed by atoms with Gasteiger partial charge in [-0.25, -0.2) is 5.06 Å². The van der Waals surface area contributed by atoms with Crippen LogP contribution in [0.15, 0.2) is 0 Å². The van der Waals surface area contributed by atoms with Crippen LogP contribution in [0.3, 0.4) is 0 Å². The van der Waals surface area contributed by atoms with Gasteiger partial charge in [-0.05, 0) is 37.5 Å². The van der Waals surface area contributed by atoms with E-state index in [4.69, 9.17) is 4.84 Å². The minimum Gasteiger partial charge on any atom is -0.275 e. The van der Waals surface area contributed by atoms with E-state index >= 15 is 0 Å². The molecular formula is C12H23NO2. The Labute approximate surface area is 92.7 Å². The van der Waals surface area contributed by atoms with Crippen molar-refractivity contribution in [3.05, 3.63) is 0 Å². The summed E-state index contributed by atoms with van der Waals surface area (Å²) in [6.07, 6.45) is 4.42. The lowest BCUT2D eigenvalue weighted by atomic mass is 9.77. The van der Waals surface area contributed by atoms with Crippen molar-refractivity contribution in [1.29, 1.82) is 0 Å². The summed E-state index contributed by atoms with van der Waals surface area (Å²) in [6.45, 7) is 4.54. The predicted molar refractivity (Wildman–Crippen MR) is 60.1 cm³/mol. The zero-order valence-corrected chi connectivity index (χ0v) is 10.3. The van der Waals surface area contributed by atoms with Crippen LogP contribution in [0.5, 0.6) is 0 Å². The van der Waals surface area contributed by atoms with Crippen molar-refractivity contribution in [3.8, 4) is 0 Å². The molecule has 0 radical (unpaired) electrons. The normalized spacial score (nSPS) is 26.7. The van der Waals surface area contributed by atoms with Crippen LogP contribution in [0.25, 0.3) is 0 Å². The molecule has 0 aromatic carbocycles. The molecule has 0 atom stereocenters. The van der Waals surface area contributed by atoms with Gasteiger partial charge in [-0.1, -0.05) is 13.8 Å². The number of nitrogens with zero attached hydrogens (tertiary/aromatic N) is 1. The van der Waals surface area contributed by atoms with E-state index in [9.17, 15) is 4.79 Å². The highest BCUT2D eigenvalue weighted by atomic mass is 16.7. The second-order valence-electron chi connectivity index (χ2n) is 4.87. The maximum absolute atomic E-state index is 11.8. The minimum absolute atomic E-state index is 0.139. The van der Waals surface area contributed by atoms with Gasteiger partial charge in [0.2, 0.25) is 5.91 Å². The molecule has 3 nitrogen and oxygen atoms in total. The summed E-state index contributed by atoms with van der Waals surface area (Å²) in [4.78, 5) is 16.7. The second-order valence-corrected chi connectivity index (χ2v) is 4.87. The van der Waals surface area contributed by atoms with Crippen LogP contribution in [-0.4, -0.2) is 25.1 Å². The van der Waals surface area contributed by atoms with E-state index in [1.54, 1.807) is 7.05 Å². The lowest BCUT2D eigenvalue weighted by Gasteiger charge is -2.31. The predicted octanol–water partition coefficient (Wildman–Crippen LogP) is 2.47. The Morgan fingerprint density at radius 1 is 1.27 bits per heavy atom. The molecule has 1 aliphatic carbocycles. The Balaban J connectivity index is 2.40. The molecule has 1 aliphatic rings. The topological polar surface area (TPSA) is 29.5 Å². The van der Waals surface area contributed by atoms with Gasteiger partial charge >= 0.3 is 0 Å². The van der Waals surface area contributed by atoms with Crippen molar-refractivity contribution in [2.45, 2.75) is 39.5 Å². The molecule has 0 aliphatic heterocycles. The van der Waals surface area contributed by atoms with Crippen molar-refractivity contribution in [2.75, 3.05) is 14.2 Å². The van der Waals surface area contributed by atoms with Gasteiger partial charge in [0, 0.05) is 13.0 Å². The fraction of sp³-hybridized carbons (Fsp3) is 0.917. The molecule has 1 fully saturated rings. The van der Waals surface area contributed by atoms with Crippen molar-refractivity contribution < 1.29 is 9.63 Å². The SMILES string of the molecule is CON(C)C(=O)C1CCC(C(C)C)CC1. The molecule has 1 rings (SSSR count). The summed E-state index contributed by atoms with van der Waals surface area (Å²) in [5, 5.41) is 1.36. The lowest BCUT2D eigenvalue weighted by molar-refractivity contribution is -0.174. The van der Waals surface area contributed by atoms with Gasteiger partial charge in [0.25, 0.3) is 0 Å². The van der Waals surface area contributed by atoms with Crippen LogP contribution >= 0.6 is 0 Å².